The summed E-state index contributed by atoms with van der Waals surface area (Å²) in [6.45, 7) is 0. The minimum Gasteiger partial charge on any atom is -0.153 e. The van der Waals surface area contributed by atoms with Crippen LogP contribution >= 0.6 is 9.90 Å². The second-order valence-corrected chi connectivity index (χ2v) is 0. The van der Waals surface area contributed by atoms with Crippen LogP contribution in [0.2, 0.25) is 0 Å². The second kappa shape index (κ2) is 17.2. The van der Waals surface area contributed by atoms with Crippen LogP contribution in [-0.4, -0.2) is 54.8 Å². The summed E-state index contributed by atoms with van der Waals surface area (Å²) in [7, 11) is 0. The molecular weight excluding hydrogens is 206 g/mol. The fraction of sp³-hybridized carbons (Fsp3) is 0. The summed E-state index contributed by atoms with van der Waals surface area (Å²) in [6.07, 6.45) is 0. The Hall–Kier alpha value is 2.73. The molecule has 0 rings (SSSR count). The van der Waals surface area contributed by atoms with Gasteiger partial charge in [0.1, 0.15) is 0 Å². The van der Waals surface area contributed by atoms with Crippen molar-refractivity contribution in [3.63, 3.8) is 0 Å². The van der Waals surface area contributed by atoms with E-state index in [9.17, 15) is 0 Å². The summed E-state index contributed by atoms with van der Waals surface area (Å²) < 4.78 is 0. The summed E-state index contributed by atoms with van der Waals surface area (Å²) in [5.41, 5.74) is 0. The summed E-state index contributed by atoms with van der Waals surface area (Å²) in [5, 5.41) is 0. The molecule has 0 heterocycles. The topological polar surface area (TPSA) is 0 Å². The molecular formula is H3CaFePSe. The van der Waals surface area contributed by atoms with Crippen LogP contribution in [0.15, 0.2) is 0 Å². The van der Waals surface area contributed by atoms with Crippen LogP contribution < -0.4 is 0 Å². The third-order valence-corrected chi connectivity index (χ3v) is 0. The largest absolute Gasteiger partial charge is 0.153 e. The van der Waals surface area contributed by atoms with Gasteiger partial charge in [-0.2, -0.15) is 9.90 Å². The van der Waals surface area contributed by atoms with Gasteiger partial charge < -0.3 is 0 Å². The molecule has 0 N–H and O–H groups in total. The maximum absolute atomic E-state index is 0. The van der Waals surface area contributed by atoms with Crippen LogP contribution in [0.25, 0.3) is 0 Å². The number of hydrogen-bond donors (Lipinski definition) is 0. The smallest absolute Gasteiger partial charge is 0 e. The van der Waals surface area contributed by atoms with Crippen LogP contribution in [0.5, 0.6) is 0 Å². The number of rotatable bonds is 0. The van der Waals surface area contributed by atoms with E-state index in [1.165, 1.54) is 0 Å². The van der Waals surface area contributed by atoms with Crippen molar-refractivity contribution in [2.45, 2.75) is 0 Å². The monoisotopic (exact) mass is 210 g/mol. The summed E-state index contributed by atoms with van der Waals surface area (Å²) >= 11 is 0. The molecule has 0 saturated heterocycles. The van der Waals surface area contributed by atoms with Crippen molar-refractivity contribution in [2.24, 2.45) is 0 Å². The maximum Gasteiger partial charge on any atom is 0 e. The van der Waals surface area contributed by atoms with Gasteiger partial charge in [0.15, 0.2) is 0 Å². The van der Waals surface area contributed by atoms with Crippen LogP contribution in [0.1, 0.15) is 0 Å². The molecule has 1 atom stereocenters. The van der Waals surface area contributed by atoms with Gasteiger partial charge in [-0.1, -0.05) is 0 Å². The minimum absolute atomic E-state index is 0. The summed E-state index contributed by atoms with van der Waals surface area (Å²) in [5.74, 6) is 0. The van der Waals surface area contributed by atoms with E-state index < -0.39 is 0 Å². The normalized spacial score (nSPS) is 0. The van der Waals surface area contributed by atoms with Crippen LogP contribution in [-0.2, 0) is 17.1 Å². The maximum atomic E-state index is 0. The van der Waals surface area contributed by atoms with Crippen molar-refractivity contribution in [1.82, 2.24) is 0 Å². The van der Waals surface area contributed by atoms with E-state index in [1.54, 1.807) is 0 Å². The van der Waals surface area contributed by atoms with Crippen LogP contribution in [0, 0.1) is 0 Å². The Kier molecular flexibility index (Phi) is 128. The molecule has 0 amide bonds. The zero-order valence-electron chi connectivity index (χ0n) is 2.18. The van der Waals surface area contributed by atoms with Gasteiger partial charge in [-0.3, -0.25) is 0 Å². The van der Waals surface area contributed by atoms with Gasteiger partial charge in [0.25, 0.3) is 0 Å². The van der Waals surface area contributed by atoms with Gasteiger partial charge in [0.2, 0.25) is 0 Å². The van der Waals surface area contributed by atoms with Gasteiger partial charge in [0, 0.05) is 71.9 Å². The molecule has 0 spiro atoms. The van der Waals surface area contributed by atoms with E-state index in [1.807, 2.05) is 0 Å². The summed E-state index contributed by atoms with van der Waals surface area (Å²) in [6, 6.07) is 0. The van der Waals surface area contributed by atoms with Crippen LogP contribution in [0.3, 0.4) is 0 Å². The Morgan fingerprint density at radius 1 is 1.00 bits per heavy atom. The molecule has 0 aromatic carbocycles. The molecule has 0 aromatic heterocycles. The fourth-order valence-electron chi connectivity index (χ4n) is 0. The molecule has 0 aliphatic rings. The van der Waals surface area contributed by atoms with Gasteiger partial charge in [0.05, 0.1) is 0 Å². The molecule has 4 heavy (non-hydrogen) atoms. The van der Waals surface area contributed by atoms with Crippen molar-refractivity contribution < 1.29 is 17.1 Å². The molecule has 0 aromatic rings. The van der Waals surface area contributed by atoms with E-state index in [0.29, 0.717) is 0 Å². The molecule has 0 aliphatic heterocycles. The predicted octanol–water partition coefficient (Wildman–Crippen LogP) is -0.706. The van der Waals surface area contributed by atoms with Crippen molar-refractivity contribution in [3.8, 4) is 0 Å². The van der Waals surface area contributed by atoms with E-state index in [0.717, 1.165) is 0 Å². The third kappa shape index (κ3) is 8.83. The second-order valence-electron chi connectivity index (χ2n) is 0. The Morgan fingerprint density at radius 2 is 1.00 bits per heavy atom. The fourth-order valence-corrected chi connectivity index (χ4v) is 0. The Morgan fingerprint density at radius 3 is 1.00 bits per heavy atom. The third-order valence-electron chi connectivity index (χ3n) is 0. The molecule has 0 aliphatic carbocycles. The molecule has 0 saturated carbocycles. The average Bonchev–Trinajstić information content (AvgIpc) is 0. The molecule has 4 radical (unpaired) electrons. The Bertz CT molecular complexity index is 8.00. The van der Waals surface area contributed by atoms with Gasteiger partial charge in [-0.05, 0) is 0 Å². The summed E-state index contributed by atoms with van der Waals surface area (Å²) in [4.78, 5) is 0. The first kappa shape index (κ1) is 29.7. The minimum atomic E-state index is 0. The molecule has 24 valence electrons. The molecule has 4 heteroatoms. The molecule has 1 unspecified atom stereocenters. The van der Waals surface area contributed by atoms with E-state index in [-0.39, 0.29) is 81.8 Å². The Labute approximate surface area is 80.4 Å². The molecule has 0 nitrogen and oxygen atoms in total. The van der Waals surface area contributed by atoms with Crippen molar-refractivity contribution in [3.05, 3.63) is 0 Å². The zero-order chi connectivity index (χ0) is 0. The quantitative estimate of drug-likeness (QED) is 0.365. The molecule has 0 fully saturated rings. The average molecular weight is 209 g/mol. The number of hydrogen-bond acceptors (Lipinski definition) is 0. The first-order valence-electron chi connectivity index (χ1n) is 0. The van der Waals surface area contributed by atoms with E-state index in [2.05, 4.69) is 0 Å². The first-order chi connectivity index (χ1) is 0. The predicted molar refractivity (Wildman–Crippen MR) is 22.6 cm³/mol. The first-order valence-corrected chi connectivity index (χ1v) is 0. The standard InChI is InChI=1S/Ca.Fe.H3P.Se/h;;1H3;. The zero-order valence-corrected chi connectivity index (χ0v) is 8.62. The van der Waals surface area contributed by atoms with Gasteiger partial charge in [-0.25, -0.2) is 0 Å². The van der Waals surface area contributed by atoms with Gasteiger partial charge >= 0.3 is 0 Å². The SMILES string of the molecule is P.[Ca].[Fe].[Se]. The van der Waals surface area contributed by atoms with Crippen LogP contribution in [0.4, 0.5) is 0 Å². The van der Waals surface area contributed by atoms with Gasteiger partial charge in [-0.15, -0.1) is 0 Å². The Balaban J connectivity index is 0. The van der Waals surface area contributed by atoms with E-state index in [4.69, 9.17) is 0 Å². The van der Waals surface area contributed by atoms with Crippen molar-refractivity contribution in [2.75, 3.05) is 0 Å². The van der Waals surface area contributed by atoms with E-state index >= 15 is 0 Å². The van der Waals surface area contributed by atoms with Crippen molar-refractivity contribution >= 4 is 64.7 Å². The molecule has 0 bridgehead atoms. The van der Waals surface area contributed by atoms with Crippen molar-refractivity contribution in [1.29, 1.82) is 0 Å².